The number of nitrogens with one attached hydrogen (secondary N) is 2. The van der Waals surface area contributed by atoms with Crippen LogP contribution in [0, 0.1) is 6.92 Å². The second-order valence-electron chi connectivity index (χ2n) is 5.40. The zero-order valence-electron chi connectivity index (χ0n) is 13.9. The Kier molecular flexibility index (Phi) is 4.56. The highest BCUT2D eigenvalue weighted by Crippen LogP contribution is 2.19. The third-order valence-electron chi connectivity index (χ3n) is 3.80. The molecule has 0 atom stereocenters. The maximum atomic E-state index is 12.4. The van der Waals surface area contributed by atoms with Gasteiger partial charge in [-0.15, -0.1) is 5.10 Å². The van der Waals surface area contributed by atoms with E-state index in [0.717, 1.165) is 5.69 Å². The lowest BCUT2D eigenvalue weighted by Crippen LogP contribution is -2.20. The van der Waals surface area contributed by atoms with Crippen molar-refractivity contribution in [2.75, 3.05) is 12.4 Å². The fourth-order valence-corrected chi connectivity index (χ4v) is 2.41. The fourth-order valence-electron chi connectivity index (χ4n) is 2.41. The Balaban J connectivity index is 1.82. The standard InChI is InChI=1S/C18H17N5O2/c1-12-14(17(24)19-2)9-6-10-15(12)20-18(25)16-11-23(22-21-16)13-7-4-3-5-8-13/h3-11H,1-2H3,(H,19,24)(H,20,25). The minimum absolute atomic E-state index is 0.189. The predicted molar refractivity (Wildman–Crippen MR) is 93.9 cm³/mol. The van der Waals surface area contributed by atoms with Gasteiger partial charge in [0, 0.05) is 18.3 Å². The number of hydrogen-bond donors (Lipinski definition) is 2. The number of rotatable bonds is 4. The minimum atomic E-state index is -0.390. The Hall–Kier alpha value is -3.48. The van der Waals surface area contributed by atoms with E-state index in [4.69, 9.17) is 0 Å². The largest absolute Gasteiger partial charge is 0.355 e. The molecule has 2 N–H and O–H groups in total. The van der Waals surface area contributed by atoms with Crippen molar-refractivity contribution in [1.82, 2.24) is 20.3 Å². The summed E-state index contributed by atoms with van der Waals surface area (Å²) in [5, 5.41) is 13.2. The van der Waals surface area contributed by atoms with Gasteiger partial charge in [-0.1, -0.05) is 29.5 Å². The van der Waals surface area contributed by atoms with Gasteiger partial charge in [-0.05, 0) is 36.8 Å². The van der Waals surface area contributed by atoms with Gasteiger partial charge in [-0.3, -0.25) is 9.59 Å². The highest BCUT2D eigenvalue weighted by molar-refractivity contribution is 6.04. The Morgan fingerprint density at radius 2 is 1.76 bits per heavy atom. The summed E-state index contributed by atoms with van der Waals surface area (Å²) < 4.78 is 1.53. The van der Waals surface area contributed by atoms with Gasteiger partial charge in [-0.25, -0.2) is 4.68 Å². The topological polar surface area (TPSA) is 88.9 Å². The molecule has 2 amide bonds. The molecule has 1 aromatic heterocycles. The molecule has 0 unspecified atom stereocenters. The molecule has 0 fully saturated rings. The molecule has 0 spiro atoms. The van der Waals surface area contributed by atoms with Gasteiger partial charge in [-0.2, -0.15) is 0 Å². The van der Waals surface area contributed by atoms with E-state index in [2.05, 4.69) is 20.9 Å². The number of carbonyl (C=O) groups excluding carboxylic acids is 2. The van der Waals surface area contributed by atoms with E-state index in [0.29, 0.717) is 16.8 Å². The van der Waals surface area contributed by atoms with Crippen LogP contribution in [0.4, 0.5) is 5.69 Å². The van der Waals surface area contributed by atoms with Crippen molar-refractivity contribution in [2.45, 2.75) is 6.92 Å². The van der Waals surface area contributed by atoms with Crippen molar-refractivity contribution < 1.29 is 9.59 Å². The zero-order chi connectivity index (χ0) is 17.8. The lowest BCUT2D eigenvalue weighted by atomic mass is 10.1. The summed E-state index contributed by atoms with van der Waals surface area (Å²) in [6.07, 6.45) is 1.56. The summed E-state index contributed by atoms with van der Waals surface area (Å²) in [7, 11) is 1.56. The quantitative estimate of drug-likeness (QED) is 0.765. The van der Waals surface area contributed by atoms with E-state index in [1.807, 2.05) is 30.3 Å². The molecule has 25 heavy (non-hydrogen) atoms. The van der Waals surface area contributed by atoms with Gasteiger partial charge in [0.05, 0.1) is 11.9 Å². The molecular weight excluding hydrogens is 318 g/mol. The van der Waals surface area contributed by atoms with Crippen LogP contribution >= 0.6 is 0 Å². The summed E-state index contributed by atoms with van der Waals surface area (Å²) in [6.45, 7) is 1.78. The highest BCUT2D eigenvalue weighted by Gasteiger charge is 2.15. The van der Waals surface area contributed by atoms with Gasteiger partial charge >= 0.3 is 0 Å². The van der Waals surface area contributed by atoms with Crippen LogP contribution in [0.2, 0.25) is 0 Å². The van der Waals surface area contributed by atoms with E-state index >= 15 is 0 Å². The summed E-state index contributed by atoms with van der Waals surface area (Å²) in [5.74, 6) is -0.594. The van der Waals surface area contributed by atoms with Crippen molar-refractivity contribution >= 4 is 17.5 Å². The number of benzene rings is 2. The smallest absolute Gasteiger partial charge is 0.277 e. The molecule has 3 rings (SSSR count). The molecule has 0 bridgehead atoms. The third kappa shape index (κ3) is 3.40. The van der Waals surface area contributed by atoms with Gasteiger partial charge in [0.1, 0.15) is 0 Å². The third-order valence-corrected chi connectivity index (χ3v) is 3.80. The summed E-state index contributed by atoms with van der Waals surface area (Å²) in [4.78, 5) is 24.3. The van der Waals surface area contributed by atoms with Gasteiger partial charge < -0.3 is 10.6 Å². The van der Waals surface area contributed by atoms with Crippen LogP contribution in [0.25, 0.3) is 5.69 Å². The number of amides is 2. The Labute approximate surface area is 144 Å². The van der Waals surface area contributed by atoms with Crippen molar-refractivity contribution in [2.24, 2.45) is 0 Å². The van der Waals surface area contributed by atoms with Crippen LogP contribution in [0.1, 0.15) is 26.4 Å². The second kappa shape index (κ2) is 6.96. The SMILES string of the molecule is CNC(=O)c1cccc(NC(=O)c2cn(-c3ccccc3)nn2)c1C. The van der Waals surface area contributed by atoms with Crippen LogP contribution < -0.4 is 10.6 Å². The molecule has 2 aromatic carbocycles. The molecule has 1 heterocycles. The lowest BCUT2D eigenvalue weighted by Gasteiger charge is -2.10. The van der Waals surface area contributed by atoms with Gasteiger partial charge in [0.25, 0.3) is 11.8 Å². The first-order chi connectivity index (χ1) is 12.1. The first-order valence-corrected chi connectivity index (χ1v) is 7.71. The van der Waals surface area contributed by atoms with E-state index < -0.39 is 0 Å². The Bertz CT molecular complexity index is 918. The Morgan fingerprint density at radius 3 is 2.48 bits per heavy atom. The summed E-state index contributed by atoms with van der Waals surface area (Å²) in [5.41, 5.74) is 2.75. The first-order valence-electron chi connectivity index (χ1n) is 7.71. The number of carbonyl (C=O) groups is 2. The molecule has 0 aliphatic heterocycles. The van der Waals surface area contributed by atoms with Crippen molar-refractivity contribution in [3.63, 3.8) is 0 Å². The van der Waals surface area contributed by atoms with Crippen molar-refractivity contribution in [1.29, 1.82) is 0 Å². The number of nitrogens with zero attached hydrogens (tertiary/aromatic N) is 3. The predicted octanol–water partition coefficient (Wildman–Crippen LogP) is 2.19. The van der Waals surface area contributed by atoms with Crippen molar-refractivity contribution in [3.05, 3.63) is 71.5 Å². The number of anilines is 1. The maximum Gasteiger partial charge on any atom is 0.277 e. The molecule has 0 radical (unpaired) electrons. The molecule has 7 nitrogen and oxygen atoms in total. The monoisotopic (exact) mass is 335 g/mol. The molecule has 0 saturated heterocycles. The molecule has 7 heteroatoms. The van der Waals surface area contributed by atoms with Crippen LogP contribution in [0.15, 0.2) is 54.7 Å². The van der Waals surface area contributed by atoms with Gasteiger partial charge in [0.2, 0.25) is 0 Å². The van der Waals surface area contributed by atoms with Crippen LogP contribution in [0.5, 0.6) is 0 Å². The summed E-state index contributed by atoms with van der Waals surface area (Å²) >= 11 is 0. The van der Waals surface area contributed by atoms with Crippen LogP contribution in [-0.2, 0) is 0 Å². The van der Waals surface area contributed by atoms with E-state index in [1.165, 1.54) is 4.68 Å². The molecule has 0 saturated carbocycles. The zero-order valence-corrected chi connectivity index (χ0v) is 13.9. The molecule has 126 valence electrons. The van der Waals surface area contributed by atoms with Gasteiger partial charge in [0.15, 0.2) is 5.69 Å². The molecule has 0 aliphatic carbocycles. The van der Waals surface area contributed by atoms with E-state index in [9.17, 15) is 9.59 Å². The lowest BCUT2D eigenvalue weighted by molar-refractivity contribution is 0.0960. The normalized spacial score (nSPS) is 10.3. The average molecular weight is 335 g/mol. The molecular formula is C18H17N5O2. The number of aromatic nitrogens is 3. The average Bonchev–Trinajstić information content (AvgIpc) is 3.14. The molecule has 0 aliphatic rings. The van der Waals surface area contributed by atoms with Crippen LogP contribution in [0.3, 0.4) is 0 Å². The number of para-hydroxylation sites is 1. The Morgan fingerprint density at radius 1 is 1.00 bits per heavy atom. The first kappa shape index (κ1) is 16.4. The van der Waals surface area contributed by atoms with Crippen LogP contribution in [-0.4, -0.2) is 33.9 Å². The fraction of sp³-hybridized carbons (Fsp3) is 0.111. The highest BCUT2D eigenvalue weighted by atomic mass is 16.2. The summed E-state index contributed by atoms with van der Waals surface area (Å²) in [6, 6.07) is 14.6. The van der Waals surface area contributed by atoms with E-state index in [-0.39, 0.29) is 17.5 Å². The van der Waals surface area contributed by atoms with Crippen molar-refractivity contribution in [3.8, 4) is 5.69 Å². The molecule has 3 aromatic rings. The number of hydrogen-bond acceptors (Lipinski definition) is 4. The van der Waals surface area contributed by atoms with E-state index in [1.54, 1.807) is 38.4 Å². The minimum Gasteiger partial charge on any atom is -0.355 e. The maximum absolute atomic E-state index is 12.4. The second-order valence-corrected chi connectivity index (χ2v) is 5.40.